The fraction of sp³-hybridized carbons (Fsp3) is 0.200. The van der Waals surface area contributed by atoms with Crippen molar-refractivity contribution in [3.63, 3.8) is 0 Å². The van der Waals surface area contributed by atoms with Crippen LogP contribution in [0.25, 0.3) is 0 Å². The third-order valence-electron chi connectivity index (χ3n) is 4.01. The molecule has 0 aliphatic carbocycles. The number of aromatic nitrogens is 2. The van der Waals surface area contributed by atoms with Gasteiger partial charge in [0.2, 0.25) is 0 Å². The average molecular weight is 282 g/mol. The molecule has 2 aliphatic rings. The summed E-state index contributed by atoms with van der Waals surface area (Å²) in [7, 11) is 1.83. The van der Waals surface area contributed by atoms with E-state index in [1.54, 1.807) is 15.7 Å². The van der Waals surface area contributed by atoms with Crippen molar-refractivity contribution in [2.75, 3.05) is 10.2 Å². The second-order valence-corrected chi connectivity index (χ2v) is 5.38. The van der Waals surface area contributed by atoms with Crippen molar-refractivity contribution < 1.29 is 9.90 Å². The number of nitrogens with one attached hydrogen (secondary N) is 1. The Bertz CT molecular complexity index is 808. The molecule has 3 heterocycles. The molecule has 1 aromatic heterocycles. The first-order valence-corrected chi connectivity index (χ1v) is 6.67. The Labute approximate surface area is 121 Å². The molecule has 0 saturated carbocycles. The summed E-state index contributed by atoms with van der Waals surface area (Å²) in [6.45, 7) is 1.89. The Kier molecular flexibility index (Phi) is 2.10. The Morgan fingerprint density at radius 2 is 2.10 bits per heavy atom. The Balaban J connectivity index is 1.99. The second-order valence-electron chi connectivity index (χ2n) is 5.38. The van der Waals surface area contributed by atoms with Gasteiger partial charge < -0.3 is 10.4 Å². The molecule has 0 radical (unpaired) electrons. The SMILES string of the molecule is Cc1nn(C)cc1C12C=C(O)C(=O)N1c1ccccc1N2. The summed E-state index contributed by atoms with van der Waals surface area (Å²) >= 11 is 0. The lowest BCUT2D eigenvalue weighted by Crippen LogP contribution is -2.45. The molecule has 0 fully saturated rings. The van der Waals surface area contributed by atoms with E-state index >= 15 is 0 Å². The fourth-order valence-corrected chi connectivity index (χ4v) is 3.21. The van der Waals surface area contributed by atoms with Gasteiger partial charge in [-0.15, -0.1) is 0 Å². The van der Waals surface area contributed by atoms with E-state index in [4.69, 9.17) is 0 Å². The third kappa shape index (κ3) is 1.36. The van der Waals surface area contributed by atoms with Gasteiger partial charge in [-0.25, -0.2) is 0 Å². The first-order valence-electron chi connectivity index (χ1n) is 6.67. The number of para-hydroxylation sites is 2. The number of hydrogen-bond donors (Lipinski definition) is 2. The standard InChI is InChI=1S/C15H14N4O2/c1-9-10(8-18(2)17-9)15-7-13(20)14(21)19(15)12-6-4-3-5-11(12)16-15/h3-8,16,20H,1-2H3. The van der Waals surface area contributed by atoms with Gasteiger partial charge in [0.05, 0.1) is 17.1 Å². The van der Waals surface area contributed by atoms with E-state index in [1.807, 2.05) is 44.4 Å². The van der Waals surface area contributed by atoms with Crippen LogP contribution in [0.15, 0.2) is 42.3 Å². The summed E-state index contributed by atoms with van der Waals surface area (Å²) < 4.78 is 1.70. The molecule has 1 aromatic carbocycles. The molecular formula is C15H14N4O2. The molecule has 0 saturated heterocycles. The molecule has 0 spiro atoms. The third-order valence-corrected chi connectivity index (χ3v) is 4.01. The van der Waals surface area contributed by atoms with Gasteiger partial charge in [-0.1, -0.05) is 12.1 Å². The van der Waals surface area contributed by atoms with Crippen LogP contribution in [0, 0.1) is 6.92 Å². The van der Waals surface area contributed by atoms with Gasteiger partial charge in [0.25, 0.3) is 5.91 Å². The number of hydrogen-bond acceptors (Lipinski definition) is 4. The molecule has 21 heavy (non-hydrogen) atoms. The van der Waals surface area contributed by atoms with Gasteiger partial charge in [-0.05, 0) is 19.1 Å². The van der Waals surface area contributed by atoms with Crippen LogP contribution in [-0.2, 0) is 17.5 Å². The predicted molar refractivity (Wildman–Crippen MR) is 77.9 cm³/mol. The maximum Gasteiger partial charge on any atom is 0.295 e. The number of aryl methyl sites for hydroxylation is 2. The number of carbonyl (C=O) groups is 1. The van der Waals surface area contributed by atoms with Gasteiger partial charge in [0.15, 0.2) is 11.4 Å². The lowest BCUT2D eigenvalue weighted by molar-refractivity contribution is -0.117. The minimum atomic E-state index is -0.900. The molecule has 2 N–H and O–H groups in total. The molecule has 6 nitrogen and oxygen atoms in total. The maximum absolute atomic E-state index is 12.4. The zero-order valence-electron chi connectivity index (χ0n) is 11.7. The van der Waals surface area contributed by atoms with Crippen LogP contribution in [0.5, 0.6) is 0 Å². The van der Waals surface area contributed by atoms with E-state index in [9.17, 15) is 9.90 Å². The van der Waals surface area contributed by atoms with Crippen molar-refractivity contribution in [3.05, 3.63) is 53.6 Å². The molecule has 2 aromatic rings. The lowest BCUT2D eigenvalue weighted by atomic mass is 10.0. The molecule has 6 heteroatoms. The lowest BCUT2D eigenvalue weighted by Gasteiger charge is -2.30. The minimum absolute atomic E-state index is 0.250. The summed E-state index contributed by atoms with van der Waals surface area (Å²) in [5, 5.41) is 17.7. The fourth-order valence-electron chi connectivity index (χ4n) is 3.21. The Hall–Kier alpha value is -2.76. The molecule has 1 atom stereocenters. The van der Waals surface area contributed by atoms with Crippen LogP contribution in [-0.4, -0.2) is 20.8 Å². The minimum Gasteiger partial charge on any atom is -0.503 e. The zero-order valence-corrected chi connectivity index (χ0v) is 11.7. The highest BCUT2D eigenvalue weighted by atomic mass is 16.3. The van der Waals surface area contributed by atoms with Crippen molar-refractivity contribution in [1.29, 1.82) is 0 Å². The molecule has 106 valence electrons. The topological polar surface area (TPSA) is 70.4 Å². The van der Waals surface area contributed by atoms with Crippen molar-refractivity contribution in [2.45, 2.75) is 12.6 Å². The van der Waals surface area contributed by atoms with E-state index < -0.39 is 11.6 Å². The van der Waals surface area contributed by atoms with E-state index in [1.165, 1.54) is 0 Å². The number of aliphatic hydroxyl groups is 1. The molecule has 2 aliphatic heterocycles. The highest BCUT2D eigenvalue weighted by Gasteiger charge is 2.54. The van der Waals surface area contributed by atoms with Gasteiger partial charge in [0.1, 0.15) is 0 Å². The highest BCUT2D eigenvalue weighted by molar-refractivity contribution is 6.13. The van der Waals surface area contributed by atoms with Crippen molar-refractivity contribution in [1.82, 2.24) is 9.78 Å². The molecule has 1 unspecified atom stereocenters. The number of benzene rings is 1. The van der Waals surface area contributed by atoms with Crippen molar-refractivity contribution in [2.24, 2.45) is 7.05 Å². The number of anilines is 2. The average Bonchev–Trinajstić information content (AvgIpc) is 3.02. The summed E-state index contributed by atoms with van der Waals surface area (Å²) in [5.74, 6) is -0.657. The number of aliphatic hydroxyl groups excluding tert-OH is 1. The largest absolute Gasteiger partial charge is 0.503 e. The Morgan fingerprint density at radius 1 is 1.33 bits per heavy atom. The smallest absolute Gasteiger partial charge is 0.295 e. The molecule has 1 amide bonds. The molecular weight excluding hydrogens is 268 g/mol. The Morgan fingerprint density at radius 3 is 2.81 bits per heavy atom. The number of carbonyl (C=O) groups excluding carboxylic acids is 1. The zero-order chi connectivity index (χ0) is 14.8. The van der Waals surface area contributed by atoms with Crippen LogP contribution in [0.1, 0.15) is 11.3 Å². The van der Waals surface area contributed by atoms with Crippen LogP contribution < -0.4 is 10.2 Å². The number of amides is 1. The first-order chi connectivity index (χ1) is 10.0. The van der Waals surface area contributed by atoms with E-state index in [0.29, 0.717) is 0 Å². The number of rotatable bonds is 1. The predicted octanol–water partition coefficient (Wildman–Crippen LogP) is 1.80. The quantitative estimate of drug-likeness (QED) is 0.836. The summed E-state index contributed by atoms with van der Waals surface area (Å²) in [6, 6.07) is 7.56. The van der Waals surface area contributed by atoms with E-state index in [2.05, 4.69) is 10.4 Å². The van der Waals surface area contributed by atoms with Crippen LogP contribution in [0.2, 0.25) is 0 Å². The van der Waals surface area contributed by atoms with Crippen LogP contribution in [0.4, 0.5) is 11.4 Å². The summed E-state index contributed by atoms with van der Waals surface area (Å²) in [5.41, 5.74) is 2.37. The number of fused-ring (bicyclic) bond motifs is 3. The number of nitrogens with zero attached hydrogens (tertiary/aromatic N) is 3. The highest BCUT2D eigenvalue weighted by Crippen LogP contribution is 2.50. The van der Waals surface area contributed by atoms with E-state index in [0.717, 1.165) is 22.6 Å². The maximum atomic E-state index is 12.4. The van der Waals surface area contributed by atoms with Crippen LogP contribution >= 0.6 is 0 Å². The molecule has 4 rings (SSSR count). The first kappa shape index (κ1) is 12.0. The van der Waals surface area contributed by atoms with Crippen molar-refractivity contribution >= 4 is 17.3 Å². The monoisotopic (exact) mass is 282 g/mol. The molecule has 0 bridgehead atoms. The van der Waals surface area contributed by atoms with Crippen LogP contribution in [0.3, 0.4) is 0 Å². The second kappa shape index (κ2) is 3.66. The normalized spacial score (nSPS) is 22.9. The van der Waals surface area contributed by atoms with Crippen molar-refractivity contribution in [3.8, 4) is 0 Å². The summed E-state index contributed by atoms with van der Waals surface area (Å²) in [6.07, 6.45) is 3.42. The van der Waals surface area contributed by atoms with E-state index in [-0.39, 0.29) is 5.76 Å². The van der Waals surface area contributed by atoms with Gasteiger partial charge in [-0.3, -0.25) is 14.4 Å². The van der Waals surface area contributed by atoms with Gasteiger partial charge in [0, 0.05) is 24.9 Å². The van der Waals surface area contributed by atoms with Gasteiger partial charge >= 0.3 is 0 Å². The van der Waals surface area contributed by atoms with Gasteiger partial charge in [-0.2, -0.15) is 5.10 Å². The summed E-state index contributed by atoms with van der Waals surface area (Å²) in [4.78, 5) is 14.0.